The maximum atomic E-state index is 11.7. The zero-order valence-electron chi connectivity index (χ0n) is 10.2. The van der Waals surface area contributed by atoms with Gasteiger partial charge in [-0.15, -0.1) is 0 Å². The van der Waals surface area contributed by atoms with Crippen molar-refractivity contribution in [2.75, 3.05) is 6.61 Å². The number of benzene rings is 2. The molecule has 0 heterocycles. The molecule has 0 fully saturated rings. The molecule has 2 nitrogen and oxygen atoms in total. The van der Waals surface area contributed by atoms with Gasteiger partial charge in [-0.1, -0.05) is 41.9 Å². The lowest BCUT2D eigenvalue weighted by atomic mass is 9.87. The van der Waals surface area contributed by atoms with Gasteiger partial charge in [0, 0.05) is 0 Å². The Labute approximate surface area is 108 Å². The van der Waals surface area contributed by atoms with Crippen molar-refractivity contribution in [1.29, 1.82) is 0 Å². The zero-order valence-corrected chi connectivity index (χ0v) is 10.2. The molecule has 0 saturated carbocycles. The van der Waals surface area contributed by atoms with Gasteiger partial charge in [0.05, 0.1) is 12.2 Å². The summed E-state index contributed by atoms with van der Waals surface area (Å²) in [5.74, 6) is -0.311. The lowest BCUT2D eigenvalue weighted by molar-refractivity contribution is 0.0526. The molecule has 0 aliphatic carbocycles. The van der Waals surface area contributed by atoms with Crippen LogP contribution >= 0.6 is 0 Å². The normalized spacial score (nSPS) is 10.1. The average molecular weight is 236 g/mol. The highest BCUT2D eigenvalue weighted by Crippen LogP contribution is 2.18. The Hall–Kier alpha value is -2.03. The minimum atomic E-state index is -0.311. The van der Waals surface area contributed by atoms with Gasteiger partial charge in [-0.05, 0) is 30.2 Å². The highest BCUT2D eigenvalue weighted by molar-refractivity contribution is 6.35. The first kappa shape index (κ1) is 12.4. The quantitative estimate of drug-likeness (QED) is 0.603. The predicted octanol–water partition coefficient (Wildman–Crippen LogP) is 2.32. The van der Waals surface area contributed by atoms with E-state index < -0.39 is 0 Å². The van der Waals surface area contributed by atoms with Crippen LogP contribution in [0.15, 0.2) is 48.5 Å². The van der Waals surface area contributed by atoms with Crippen LogP contribution in [0.3, 0.4) is 0 Å². The van der Waals surface area contributed by atoms with Crippen LogP contribution in [0.5, 0.6) is 0 Å². The fourth-order valence-corrected chi connectivity index (χ4v) is 1.79. The second-order valence-electron chi connectivity index (χ2n) is 3.89. The van der Waals surface area contributed by atoms with Gasteiger partial charge in [0.1, 0.15) is 7.85 Å². The number of hydrogen-bond acceptors (Lipinski definition) is 2. The summed E-state index contributed by atoms with van der Waals surface area (Å²) in [6, 6.07) is 14.9. The lowest BCUT2D eigenvalue weighted by Crippen LogP contribution is -2.07. The van der Waals surface area contributed by atoms with E-state index in [0.29, 0.717) is 17.6 Å². The molecule has 2 rings (SSSR count). The van der Waals surface area contributed by atoms with Crippen molar-refractivity contribution in [3.8, 4) is 11.1 Å². The van der Waals surface area contributed by atoms with Crippen LogP contribution in [0.25, 0.3) is 11.1 Å². The number of esters is 1. The van der Waals surface area contributed by atoms with Gasteiger partial charge in [-0.3, -0.25) is 0 Å². The van der Waals surface area contributed by atoms with Crippen molar-refractivity contribution < 1.29 is 9.53 Å². The Balaban J connectivity index is 2.39. The second kappa shape index (κ2) is 5.54. The molecule has 0 bridgehead atoms. The van der Waals surface area contributed by atoms with Gasteiger partial charge in [0.2, 0.25) is 0 Å². The SMILES string of the molecule is [B]c1ccccc1-c1cccc(C(=O)OCC)c1. The van der Waals surface area contributed by atoms with Crippen LogP contribution < -0.4 is 5.46 Å². The molecule has 0 aliphatic heterocycles. The summed E-state index contributed by atoms with van der Waals surface area (Å²) in [7, 11) is 5.92. The summed E-state index contributed by atoms with van der Waals surface area (Å²) in [5.41, 5.74) is 3.07. The van der Waals surface area contributed by atoms with Crippen LogP contribution in [-0.2, 0) is 4.74 Å². The Morgan fingerprint density at radius 2 is 1.94 bits per heavy atom. The summed E-state index contributed by atoms with van der Waals surface area (Å²) in [5, 5.41) is 0. The number of carbonyl (C=O) groups excluding carboxylic acids is 1. The molecule has 0 unspecified atom stereocenters. The number of hydrogen-bond donors (Lipinski definition) is 0. The number of ether oxygens (including phenoxy) is 1. The zero-order chi connectivity index (χ0) is 13.0. The van der Waals surface area contributed by atoms with Crippen LogP contribution in [0.2, 0.25) is 0 Å². The minimum absolute atomic E-state index is 0.311. The van der Waals surface area contributed by atoms with Crippen molar-refractivity contribution >= 4 is 19.3 Å². The maximum Gasteiger partial charge on any atom is 0.338 e. The third-order valence-corrected chi connectivity index (χ3v) is 2.65. The van der Waals surface area contributed by atoms with Crippen molar-refractivity contribution in [2.45, 2.75) is 6.92 Å². The standard InChI is InChI=1S/C15H13BO2/c1-2-18-15(17)12-7-5-6-11(10-12)13-8-3-4-9-14(13)16/h3-10H,2H2,1H3. The van der Waals surface area contributed by atoms with E-state index in [2.05, 4.69) is 0 Å². The number of rotatable bonds is 3. The highest BCUT2D eigenvalue weighted by atomic mass is 16.5. The molecule has 0 saturated heterocycles. The van der Waals surface area contributed by atoms with E-state index in [9.17, 15) is 4.79 Å². The molecular formula is C15H13BO2. The topological polar surface area (TPSA) is 26.3 Å². The van der Waals surface area contributed by atoms with Crippen molar-refractivity contribution in [3.05, 3.63) is 54.1 Å². The van der Waals surface area contributed by atoms with Gasteiger partial charge in [-0.2, -0.15) is 0 Å². The van der Waals surface area contributed by atoms with Gasteiger partial charge >= 0.3 is 5.97 Å². The summed E-state index contributed by atoms with van der Waals surface area (Å²) in [6.07, 6.45) is 0. The molecule has 2 aromatic rings. The molecule has 2 aromatic carbocycles. The van der Waals surface area contributed by atoms with Crippen molar-refractivity contribution in [2.24, 2.45) is 0 Å². The van der Waals surface area contributed by atoms with Crippen LogP contribution in [0.1, 0.15) is 17.3 Å². The van der Waals surface area contributed by atoms with E-state index in [1.165, 1.54) is 0 Å². The lowest BCUT2D eigenvalue weighted by Gasteiger charge is -2.08. The highest BCUT2D eigenvalue weighted by Gasteiger charge is 2.08. The van der Waals surface area contributed by atoms with E-state index in [0.717, 1.165) is 11.1 Å². The monoisotopic (exact) mass is 236 g/mol. The fourth-order valence-electron chi connectivity index (χ4n) is 1.79. The van der Waals surface area contributed by atoms with Crippen molar-refractivity contribution in [1.82, 2.24) is 0 Å². The van der Waals surface area contributed by atoms with Crippen LogP contribution in [0, 0.1) is 0 Å². The predicted molar refractivity (Wildman–Crippen MR) is 73.2 cm³/mol. The summed E-state index contributed by atoms with van der Waals surface area (Å²) in [6.45, 7) is 2.16. The summed E-state index contributed by atoms with van der Waals surface area (Å²) >= 11 is 0. The Morgan fingerprint density at radius 1 is 1.17 bits per heavy atom. The first-order chi connectivity index (χ1) is 8.72. The summed E-state index contributed by atoms with van der Waals surface area (Å²) in [4.78, 5) is 11.7. The molecule has 3 heteroatoms. The van der Waals surface area contributed by atoms with E-state index in [4.69, 9.17) is 12.6 Å². The Kier molecular flexibility index (Phi) is 3.83. The van der Waals surface area contributed by atoms with Gasteiger partial charge < -0.3 is 4.74 Å². The minimum Gasteiger partial charge on any atom is -0.462 e. The average Bonchev–Trinajstić information content (AvgIpc) is 2.40. The molecule has 88 valence electrons. The smallest absolute Gasteiger partial charge is 0.338 e. The molecule has 0 aromatic heterocycles. The van der Waals surface area contributed by atoms with Gasteiger partial charge in [0.15, 0.2) is 0 Å². The molecule has 0 spiro atoms. The van der Waals surface area contributed by atoms with E-state index in [-0.39, 0.29) is 5.97 Å². The summed E-state index contributed by atoms with van der Waals surface area (Å²) < 4.78 is 4.98. The molecule has 0 amide bonds. The Bertz CT molecular complexity index is 564. The Morgan fingerprint density at radius 3 is 2.67 bits per heavy atom. The van der Waals surface area contributed by atoms with Crippen molar-refractivity contribution in [3.63, 3.8) is 0 Å². The molecular weight excluding hydrogens is 223 g/mol. The first-order valence-corrected chi connectivity index (χ1v) is 5.84. The molecule has 2 radical (unpaired) electrons. The number of carbonyl (C=O) groups is 1. The second-order valence-corrected chi connectivity index (χ2v) is 3.89. The molecule has 0 atom stereocenters. The largest absolute Gasteiger partial charge is 0.462 e. The maximum absolute atomic E-state index is 11.7. The fraction of sp³-hybridized carbons (Fsp3) is 0.133. The van der Waals surface area contributed by atoms with E-state index >= 15 is 0 Å². The van der Waals surface area contributed by atoms with Gasteiger partial charge in [0.25, 0.3) is 0 Å². The first-order valence-electron chi connectivity index (χ1n) is 5.84. The van der Waals surface area contributed by atoms with Crippen LogP contribution in [0.4, 0.5) is 0 Å². The van der Waals surface area contributed by atoms with E-state index in [1.807, 2.05) is 36.4 Å². The van der Waals surface area contributed by atoms with Crippen LogP contribution in [-0.4, -0.2) is 20.4 Å². The third kappa shape index (κ3) is 2.62. The third-order valence-electron chi connectivity index (χ3n) is 2.65. The van der Waals surface area contributed by atoms with E-state index in [1.54, 1.807) is 19.1 Å². The molecule has 18 heavy (non-hydrogen) atoms. The molecule has 0 aliphatic rings. The molecule has 0 N–H and O–H groups in total. The van der Waals surface area contributed by atoms with Gasteiger partial charge in [-0.25, -0.2) is 4.79 Å².